The Hall–Kier alpha value is -3.80. The summed E-state index contributed by atoms with van der Waals surface area (Å²) in [4.78, 5) is 25.6. The molecule has 4 rings (SSSR count). The van der Waals surface area contributed by atoms with Crippen LogP contribution in [0, 0.1) is 0 Å². The average Bonchev–Trinajstić information content (AvgIpc) is 2.83. The minimum Gasteiger partial charge on any atom is -0.486 e. The third kappa shape index (κ3) is 5.42. The van der Waals surface area contributed by atoms with Crippen LogP contribution in [0.3, 0.4) is 0 Å². The van der Waals surface area contributed by atoms with Gasteiger partial charge in [0.1, 0.15) is 18.8 Å². The highest BCUT2D eigenvalue weighted by Crippen LogP contribution is 2.30. The molecule has 0 saturated carbocycles. The molecule has 158 valence electrons. The summed E-state index contributed by atoms with van der Waals surface area (Å²) in [7, 11) is 0. The molecule has 6 heteroatoms. The van der Waals surface area contributed by atoms with E-state index in [1.807, 2.05) is 60.7 Å². The van der Waals surface area contributed by atoms with Gasteiger partial charge in [-0.15, -0.1) is 0 Å². The standard InChI is InChI=1S/C25H24N2O4/c28-24(19-11-5-2-6-12-19)27-21(15-18-9-3-1-4-10-18)25(29)26-16-20-17-30-22-13-7-8-14-23(22)31-20/h1-14,20-21H,15-17H2,(H,26,29)(H,27,28)/t20-,21-/m1/s1. The van der Waals surface area contributed by atoms with Gasteiger partial charge in [0, 0.05) is 12.0 Å². The van der Waals surface area contributed by atoms with E-state index in [-0.39, 0.29) is 24.5 Å². The molecule has 0 saturated heterocycles. The summed E-state index contributed by atoms with van der Waals surface area (Å²) in [5, 5.41) is 5.76. The van der Waals surface area contributed by atoms with E-state index in [1.165, 1.54) is 0 Å². The summed E-state index contributed by atoms with van der Waals surface area (Å²) < 4.78 is 11.6. The van der Waals surface area contributed by atoms with Crippen LogP contribution in [0.15, 0.2) is 84.9 Å². The second-order valence-electron chi connectivity index (χ2n) is 7.32. The zero-order valence-electron chi connectivity index (χ0n) is 17.0. The monoisotopic (exact) mass is 416 g/mol. The van der Waals surface area contributed by atoms with Crippen molar-refractivity contribution in [3.63, 3.8) is 0 Å². The predicted octanol–water partition coefficient (Wildman–Crippen LogP) is 2.98. The maximum Gasteiger partial charge on any atom is 0.251 e. The van der Waals surface area contributed by atoms with Crippen LogP contribution in [0.4, 0.5) is 0 Å². The van der Waals surface area contributed by atoms with E-state index in [2.05, 4.69) is 10.6 Å². The fraction of sp³-hybridized carbons (Fsp3) is 0.200. The number of carbonyl (C=O) groups is 2. The van der Waals surface area contributed by atoms with E-state index in [0.29, 0.717) is 30.1 Å². The lowest BCUT2D eigenvalue weighted by atomic mass is 10.0. The van der Waals surface area contributed by atoms with Crippen molar-refractivity contribution >= 4 is 11.8 Å². The van der Waals surface area contributed by atoms with Gasteiger partial charge in [-0.25, -0.2) is 0 Å². The van der Waals surface area contributed by atoms with E-state index in [4.69, 9.17) is 9.47 Å². The van der Waals surface area contributed by atoms with Crippen molar-refractivity contribution in [3.05, 3.63) is 96.1 Å². The van der Waals surface area contributed by atoms with Crippen molar-refractivity contribution in [1.29, 1.82) is 0 Å². The third-order valence-corrected chi connectivity index (χ3v) is 5.01. The van der Waals surface area contributed by atoms with Crippen molar-refractivity contribution in [1.82, 2.24) is 10.6 Å². The number of ether oxygens (including phenoxy) is 2. The molecule has 0 spiro atoms. The summed E-state index contributed by atoms with van der Waals surface area (Å²) in [6.07, 6.45) is 0.0804. The molecule has 1 heterocycles. The second-order valence-corrected chi connectivity index (χ2v) is 7.32. The van der Waals surface area contributed by atoms with Crippen molar-refractivity contribution in [3.8, 4) is 11.5 Å². The fourth-order valence-electron chi connectivity index (χ4n) is 3.39. The zero-order valence-corrected chi connectivity index (χ0v) is 17.0. The van der Waals surface area contributed by atoms with Crippen molar-refractivity contribution in [2.75, 3.05) is 13.2 Å². The quantitative estimate of drug-likeness (QED) is 0.621. The zero-order chi connectivity index (χ0) is 21.5. The SMILES string of the molecule is O=C(N[C@H](Cc1ccccc1)C(=O)NC[C@@H]1COc2ccccc2O1)c1ccccc1. The molecular formula is C25H24N2O4. The molecule has 0 fully saturated rings. The van der Waals surface area contributed by atoms with Crippen molar-refractivity contribution in [2.45, 2.75) is 18.6 Å². The van der Waals surface area contributed by atoms with E-state index in [0.717, 1.165) is 5.56 Å². The molecule has 2 amide bonds. The number of hydrogen-bond donors (Lipinski definition) is 2. The van der Waals surface area contributed by atoms with Crippen LogP contribution in [0.2, 0.25) is 0 Å². The Morgan fingerprint density at radius 3 is 2.26 bits per heavy atom. The number of carbonyl (C=O) groups excluding carboxylic acids is 2. The molecular weight excluding hydrogens is 392 g/mol. The Bertz CT molecular complexity index is 1020. The number of benzene rings is 3. The van der Waals surface area contributed by atoms with Crippen molar-refractivity contribution in [2.24, 2.45) is 0 Å². The minimum atomic E-state index is -0.716. The number of hydrogen-bond acceptors (Lipinski definition) is 4. The first-order valence-electron chi connectivity index (χ1n) is 10.2. The van der Waals surface area contributed by atoms with Gasteiger partial charge in [0.2, 0.25) is 5.91 Å². The molecule has 0 aliphatic carbocycles. The topological polar surface area (TPSA) is 76.7 Å². The Kier molecular flexibility index (Phi) is 6.47. The van der Waals surface area contributed by atoms with Crippen LogP contribution >= 0.6 is 0 Å². The first-order valence-corrected chi connectivity index (χ1v) is 10.2. The highest BCUT2D eigenvalue weighted by atomic mass is 16.6. The van der Waals surface area contributed by atoms with Gasteiger partial charge in [-0.05, 0) is 29.8 Å². The summed E-state index contributed by atoms with van der Waals surface area (Å²) in [5.41, 5.74) is 1.47. The van der Waals surface area contributed by atoms with E-state index >= 15 is 0 Å². The summed E-state index contributed by atoms with van der Waals surface area (Å²) in [6, 6.07) is 25.2. The maximum absolute atomic E-state index is 13.0. The van der Waals surface area contributed by atoms with Crippen LogP contribution in [0.5, 0.6) is 11.5 Å². The number of nitrogens with one attached hydrogen (secondary N) is 2. The normalized spacial score (nSPS) is 15.5. The number of amides is 2. The molecule has 0 radical (unpaired) electrons. The average molecular weight is 416 g/mol. The summed E-state index contributed by atoms with van der Waals surface area (Å²) in [5.74, 6) is 0.798. The lowest BCUT2D eigenvalue weighted by molar-refractivity contribution is -0.123. The number of para-hydroxylation sites is 2. The summed E-state index contributed by atoms with van der Waals surface area (Å²) in [6.45, 7) is 0.622. The molecule has 1 aliphatic rings. The first-order chi connectivity index (χ1) is 15.2. The van der Waals surface area contributed by atoms with Gasteiger partial charge in [0.15, 0.2) is 11.5 Å². The van der Waals surface area contributed by atoms with Crippen LogP contribution in [-0.4, -0.2) is 37.1 Å². The molecule has 31 heavy (non-hydrogen) atoms. The van der Waals surface area contributed by atoms with Gasteiger partial charge in [-0.1, -0.05) is 60.7 Å². The molecule has 2 N–H and O–H groups in total. The van der Waals surface area contributed by atoms with Crippen LogP contribution in [-0.2, 0) is 11.2 Å². The molecule has 3 aromatic rings. The Morgan fingerprint density at radius 1 is 0.871 bits per heavy atom. The fourth-order valence-corrected chi connectivity index (χ4v) is 3.39. The van der Waals surface area contributed by atoms with Crippen molar-refractivity contribution < 1.29 is 19.1 Å². The van der Waals surface area contributed by atoms with Gasteiger partial charge in [-0.2, -0.15) is 0 Å². The highest BCUT2D eigenvalue weighted by molar-refractivity contribution is 5.97. The Morgan fingerprint density at radius 2 is 1.52 bits per heavy atom. The largest absolute Gasteiger partial charge is 0.486 e. The smallest absolute Gasteiger partial charge is 0.251 e. The second kappa shape index (κ2) is 9.80. The van der Waals surface area contributed by atoms with E-state index in [9.17, 15) is 9.59 Å². The first kappa shape index (κ1) is 20.5. The van der Waals surface area contributed by atoms with Gasteiger partial charge in [0.05, 0.1) is 6.54 Å². The van der Waals surface area contributed by atoms with Gasteiger partial charge < -0.3 is 20.1 Å². The van der Waals surface area contributed by atoms with Crippen LogP contribution in [0.25, 0.3) is 0 Å². The predicted molar refractivity (Wildman–Crippen MR) is 117 cm³/mol. The van der Waals surface area contributed by atoms with Crippen LogP contribution in [0.1, 0.15) is 15.9 Å². The Balaban J connectivity index is 1.40. The lowest BCUT2D eigenvalue weighted by Crippen LogP contribution is -2.51. The Labute approximate surface area is 181 Å². The van der Waals surface area contributed by atoms with E-state index < -0.39 is 6.04 Å². The molecule has 0 unspecified atom stereocenters. The molecule has 1 aliphatic heterocycles. The molecule has 0 bridgehead atoms. The third-order valence-electron chi connectivity index (χ3n) is 5.01. The molecule has 3 aromatic carbocycles. The van der Waals surface area contributed by atoms with Crippen LogP contribution < -0.4 is 20.1 Å². The van der Waals surface area contributed by atoms with Gasteiger partial charge >= 0.3 is 0 Å². The van der Waals surface area contributed by atoms with Gasteiger partial charge in [0.25, 0.3) is 5.91 Å². The molecule has 6 nitrogen and oxygen atoms in total. The number of rotatable bonds is 7. The lowest BCUT2D eigenvalue weighted by Gasteiger charge is -2.27. The molecule has 0 aromatic heterocycles. The van der Waals surface area contributed by atoms with E-state index in [1.54, 1.807) is 24.3 Å². The minimum absolute atomic E-state index is 0.268. The summed E-state index contributed by atoms with van der Waals surface area (Å²) >= 11 is 0. The van der Waals surface area contributed by atoms with Gasteiger partial charge in [-0.3, -0.25) is 9.59 Å². The maximum atomic E-state index is 13.0. The highest BCUT2D eigenvalue weighted by Gasteiger charge is 2.25. The molecule has 2 atom stereocenters. The number of fused-ring (bicyclic) bond motifs is 1.